The molecule has 6 nitrogen and oxygen atoms in total. The molecule has 0 amide bonds. The van der Waals surface area contributed by atoms with Crippen LogP contribution in [0.15, 0.2) is 36.4 Å². The molecule has 152 valence electrons. The molecule has 1 unspecified atom stereocenters. The van der Waals surface area contributed by atoms with E-state index in [1.54, 1.807) is 13.2 Å². The molecule has 0 bridgehead atoms. The van der Waals surface area contributed by atoms with E-state index in [4.69, 9.17) is 9.47 Å². The Bertz CT molecular complexity index is 1060. The van der Waals surface area contributed by atoms with Crippen molar-refractivity contribution in [3.8, 4) is 11.8 Å². The van der Waals surface area contributed by atoms with Gasteiger partial charge in [0.1, 0.15) is 5.75 Å². The predicted octanol–water partition coefficient (Wildman–Crippen LogP) is 3.95. The molecule has 0 aliphatic carbocycles. The lowest BCUT2D eigenvalue weighted by molar-refractivity contribution is -0.163. The van der Waals surface area contributed by atoms with Crippen molar-refractivity contribution in [3.05, 3.63) is 58.8 Å². The fraction of sp³-hybridized carbons (Fsp3) is 0.391. The third-order valence-electron chi connectivity index (χ3n) is 4.68. The summed E-state index contributed by atoms with van der Waals surface area (Å²) in [5.41, 5.74) is 3.75. The van der Waals surface area contributed by atoms with Gasteiger partial charge in [-0.3, -0.25) is 4.68 Å². The lowest BCUT2D eigenvalue weighted by Crippen LogP contribution is -2.28. The van der Waals surface area contributed by atoms with E-state index in [9.17, 15) is 10.4 Å². The lowest BCUT2D eigenvalue weighted by Gasteiger charge is -2.24. The Morgan fingerprint density at radius 2 is 2.00 bits per heavy atom. The SMILES string of the molecule is COc1cccc(C#N)c1Cn1nc(C)c2ccc(CC(O)OC(C)(C)C)cc21. The number of aromatic nitrogens is 2. The van der Waals surface area contributed by atoms with Crippen LogP contribution < -0.4 is 4.74 Å². The first-order valence-electron chi connectivity index (χ1n) is 9.59. The largest absolute Gasteiger partial charge is 0.496 e. The molecule has 29 heavy (non-hydrogen) atoms. The summed E-state index contributed by atoms with van der Waals surface area (Å²) in [6, 6.07) is 13.7. The average molecular weight is 393 g/mol. The molecular formula is C23H27N3O3. The molecule has 1 atom stereocenters. The maximum atomic E-state index is 10.3. The van der Waals surface area contributed by atoms with Crippen LogP contribution >= 0.6 is 0 Å². The van der Waals surface area contributed by atoms with Crippen LogP contribution in [0.5, 0.6) is 5.75 Å². The highest BCUT2D eigenvalue weighted by molar-refractivity contribution is 5.82. The normalized spacial score (nSPS) is 12.7. The number of nitriles is 1. The average Bonchev–Trinajstić information content (AvgIpc) is 2.95. The third-order valence-corrected chi connectivity index (χ3v) is 4.68. The van der Waals surface area contributed by atoms with E-state index in [-0.39, 0.29) is 0 Å². The van der Waals surface area contributed by atoms with Crippen LogP contribution in [-0.4, -0.2) is 33.9 Å². The number of aliphatic hydroxyl groups is 1. The van der Waals surface area contributed by atoms with E-state index < -0.39 is 11.9 Å². The number of aryl methyl sites for hydroxylation is 1. The fourth-order valence-corrected chi connectivity index (χ4v) is 3.46. The highest BCUT2D eigenvalue weighted by Gasteiger charge is 2.18. The summed E-state index contributed by atoms with van der Waals surface area (Å²) in [5.74, 6) is 0.663. The summed E-state index contributed by atoms with van der Waals surface area (Å²) >= 11 is 0. The number of rotatable bonds is 6. The van der Waals surface area contributed by atoms with Crippen LogP contribution in [-0.2, 0) is 17.7 Å². The number of nitrogens with zero attached hydrogens (tertiary/aromatic N) is 3. The van der Waals surface area contributed by atoms with Gasteiger partial charge in [-0.2, -0.15) is 10.4 Å². The van der Waals surface area contributed by atoms with Crippen molar-refractivity contribution in [2.75, 3.05) is 7.11 Å². The van der Waals surface area contributed by atoms with E-state index in [0.29, 0.717) is 24.3 Å². The number of hydrogen-bond donors (Lipinski definition) is 1. The number of methoxy groups -OCH3 is 1. The molecule has 1 N–H and O–H groups in total. The molecule has 0 aliphatic heterocycles. The second-order valence-corrected chi connectivity index (χ2v) is 8.08. The smallest absolute Gasteiger partial charge is 0.159 e. The Balaban J connectivity index is 1.97. The van der Waals surface area contributed by atoms with E-state index >= 15 is 0 Å². The molecule has 3 rings (SSSR count). The highest BCUT2D eigenvalue weighted by atomic mass is 16.6. The predicted molar refractivity (Wildman–Crippen MR) is 112 cm³/mol. The van der Waals surface area contributed by atoms with E-state index in [1.807, 2.05) is 62.7 Å². The standard InChI is InChI=1S/C23H27N3O3/c1-15-18-10-9-16(12-22(27)29-23(2,3)4)11-20(18)26(25-15)14-19-17(13-24)7-6-8-21(19)28-5/h6-11,22,27H,12,14H2,1-5H3. The molecule has 6 heteroatoms. The van der Waals surface area contributed by atoms with E-state index in [1.165, 1.54) is 0 Å². The van der Waals surface area contributed by atoms with E-state index in [2.05, 4.69) is 11.2 Å². The summed E-state index contributed by atoms with van der Waals surface area (Å²) in [4.78, 5) is 0. The van der Waals surface area contributed by atoms with Crippen molar-refractivity contribution in [2.24, 2.45) is 0 Å². The molecule has 1 heterocycles. The minimum Gasteiger partial charge on any atom is -0.496 e. The van der Waals surface area contributed by atoms with Crippen molar-refractivity contribution in [3.63, 3.8) is 0 Å². The number of aliphatic hydroxyl groups excluding tert-OH is 1. The van der Waals surface area contributed by atoms with Gasteiger partial charge >= 0.3 is 0 Å². The van der Waals surface area contributed by atoms with Crippen LogP contribution in [0.1, 0.15) is 43.2 Å². The monoisotopic (exact) mass is 393 g/mol. The van der Waals surface area contributed by atoms with Crippen LogP contribution in [0.4, 0.5) is 0 Å². The Kier molecular flexibility index (Phi) is 5.92. The fourth-order valence-electron chi connectivity index (χ4n) is 3.46. The van der Waals surface area contributed by atoms with Gasteiger partial charge in [-0.05, 0) is 51.5 Å². The number of ether oxygens (including phenoxy) is 2. The molecule has 0 radical (unpaired) electrons. The first-order chi connectivity index (χ1) is 13.7. The molecule has 0 saturated heterocycles. The summed E-state index contributed by atoms with van der Waals surface area (Å²) in [6.07, 6.45) is -0.500. The zero-order valence-electron chi connectivity index (χ0n) is 17.6. The lowest BCUT2D eigenvalue weighted by atomic mass is 10.1. The Morgan fingerprint density at radius 1 is 1.24 bits per heavy atom. The minimum absolute atomic E-state index is 0.384. The topological polar surface area (TPSA) is 80.3 Å². The van der Waals surface area contributed by atoms with Gasteiger partial charge in [0.05, 0.1) is 42.1 Å². The first kappa shape index (κ1) is 20.8. The van der Waals surface area contributed by atoms with E-state index in [0.717, 1.165) is 27.7 Å². The second kappa shape index (κ2) is 8.24. The Morgan fingerprint density at radius 3 is 2.66 bits per heavy atom. The number of fused-ring (bicyclic) bond motifs is 1. The van der Waals surface area contributed by atoms with Crippen LogP contribution in [0.2, 0.25) is 0 Å². The van der Waals surface area contributed by atoms with Gasteiger partial charge in [-0.25, -0.2) is 0 Å². The first-order valence-corrected chi connectivity index (χ1v) is 9.59. The van der Waals surface area contributed by atoms with Crippen LogP contribution in [0, 0.1) is 18.3 Å². The molecule has 0 fully saturated rings. The third kappa shape index (κ3) is 4.76. The van der Waals surface area contributed by atoms with Gasteiger partial charge in [0, 0.05) is 17.4 Å². The van der Waals surface area contributed by atoms with Crippen LogP contribution in [0.25, 0.3) is 10.9 Å². The molecule has 0 aliphatic rings. The van der Waals surface area contributed by atoms with Gasteiger partial charge in [0.25, 0.3) is 0 Å². The van der Waals surface area contributed by atoms with Gasteiger partial charge in [0.15, 0.2) is 6.29 Å². The van der Waals surface area contributed by atoms with Gasteiger partial charge in [-0.15, -0.1) is 0 Å². The molecule has 2 aromatic carbocycles. The van der Waals surface area contributed by atoms with Crippen molar-refractivity contribution in [1.82, 2.24) is 9.78 Å². The maximum Gasteiger partial charge on any atom is 0.159 e. The number of hydrogen-bond acceptors (Lipinski definition) is 5. The minimum atomic E-state index is -0.885. The van der Waals surface area contributed by atoms with Crippen LogP contribution in [0.3, 0.4) is 0 Å². The van der Waals surface area contributed by atoms with Crippen molar-refractivity contribution < 1.29 is 14.6 Å². The summed E-state index contributed by atoms with van der Waals surface area (Å²) in [6.45, 7) is 8.12. The zero-order chi connectivity index (χ0) is 21.2. The number of benzene rings is 2. The zero-order valence-corrected chi connectivity index (χ0v) is 17.6. The summed E-state index contributed by atoms with van der Waals surface area (Å²) < 4.78 is 13.0. The Hall–Kier alpha value is -2.88. The van der Waals surface area contributed by atoms with Crippen molar-refractivity contribution in [2.45, 2.75) is 52.6 Å². The summed E-state index contributed by atoms with van der Waals surface area (Å²) in [7, 11) is 1.60. The quantitative estimate of drug-likeness (QED) is 0.642. The van der Waals surface area contributed by atoms with Crippen molar-refractivity contribution in [1.29, 1.82) is 5.26 Å². The summed E-state index contributed by atoms with van der Waals surface area (Å²) in [5, 5.41) is 25.5. The molecular weight excluding hydrogens is 366 g/mol. The molecule has 0 spiro atoms. The molecule has 0 saturated carbocycles. The van der Waals surface area contributed by atoms with Gasteiger partial charge < -0.3 is 14.6 Å². The Labute approximate surface area is 171 Å². The van der Waals surface area contributed by atoms with Gasteiger partial charge in [0.2, 0.25) is 0 Å². The highest BCUT2D eigenvalue weighted by Crippen LogP contribution is 2.27. The molecule has 1 aromatic heterocycles. The van der Waals surface area contributed by atoms with Crippen molar-refractivity contribution >= 4 is 10.9 Å². The van der Waals surface area contributed by atoms with Gasteiger partial charge in [-0.1, -0.05) is 18.2 Å². The maximum absolute atomic E-state index is 10.3. The molecule has 3 aromatic rings. The second-order valence-electron chi connectivity index (χ2n) is 8.08.